The van der Waals surface area contributed by atoms with Crippen molar-refractivity contribution in [2.24, 2.45) is 0 Å². The van der Waals surface area contributed by atoms with Gasteiger partial charge < -0.3 is 5.11 Å². The van der Waals surface area contributed by atoms with Crippen LogP contribution in [-0.4, -0.2) is 21.4 Å². The highest BCUT2D eigenvalue weighted by atomic mass is 16.4. The Kier molecular flexibility index (Phi) is 1.66. The van der Waals surface area contributed by atoms with Crippen LogP contribution in [0, 0.1) is 0 Å². The molecule has 0 amide bonds. The van der Waals surface area contributed by atoms with Crippen LogP contribution in [0.5, 0.6) is 0 Å². The smallest absolute Gasteiger partial charge is 0.351 e. The van der Waals surface area contributed by atoms with Crippen molar-refractivity contribution in [3.05, 3.63) is 12.4 Å². The van der Waals surface area contributed by atoms with Crippen LogP contribution >= 0.6 is 0 Å². The van der Waals surface area contributed by atoms with E-state index in [1.807, 2.05) is 0 Å². The van der Waals surface area contributed by atoms with E-state index in [1.54, 1.807) is 13.1 Å². The maximum Gasteiger partial charge on any atom is 0.351 e. The molecule has 5 heteroatoms. The third-order valence-electron chi connectivity index (χ3n) is 1.25. The van der Waals surface area contributed by atoms with Gasteiger partial charge in [0.1, 0.15) is 0 Å². The van der Waals surface area contributed by atoms with E-state index in [-0.39, 0.29) is 0 Å². The van der Waals surface area contributed by atoms with E-state index in [2.05, 4.69) is 10.3 Å². The van der Waals surface area contributed by atoms with Gasteiger partial charge in [-0.05, 0) is 6.92 Å². The van der Waals surface area contributed by atoms with E-state index in [0.29, 0.717) is 0 Å². The lowest BCUT2D eigenvalue weighted by Crippen LogP contribution is -2.43. The number of nitrogens with one attached hydrogen (secondary N) is 1. The second kappa shape index (κ2) is 2.47. The van der Waals surface area contributed by atoms with E-state index >= 15 is 0 Å². The molecule has 1 atom stereocenters. The second-order valence-corrected chi connectivity index (χ2v) is 1.95. The molecule has 10 heavy (non-hydrogen) atoms. The molecule has 1 aromatic rings. The van der Waals surface area contributed by atoms with E-state index in [0.717, 1.165) is 0 Å². The number of rotatable bonds is 2. The molecule has 0 radical (unpaired) electrons. The molecule has 54 valence electrons. The summed E-state index contributed by atoms with van der Waals surface area (Å²) in [7, 11) is 0. The molecule has 1 unspecified atom stereocenters. The molecule has 0 spiro atoms. The first kappa shape index (κ1) is 6.73. The van der Waals surface area contributed by atoms with E-state index in [9.17, 15) is 4.79 Å². The molecule has 0 bridgehead atoms. The fraction of sp³-hybridized carbons (Fsp3) is 0.400. The first-order chi connectivity index (χ1) is 4.72. The summed E-state index contributed by atoms with van der Waals surface area (Å²) in [6.07, 6.45) is 3.07. The third kappa shape index (κ3) is 1.12. The molecule has 0 aliphatic heterocycles. The molecule has 2 N–H and O–H groups in total. The SMILES string of the molecule is CC(C(=O)O)[n+]1ccn[nH]1. The number of carboxylic acids is 1. The van der Waals surface area contributed by atoms with Gasteiger partial charge in [-0.25, -0.2) is 4.79 Å². The predicted molar refractivity (Wildman–Crippen MR) is 31.1 cm³/mol. The summed E-state index contributed by atoms with van der Waals surface area (Å²) in [5.41, 5.74) is 0. The molecule has 0 saturated carbocycles. The first-order valence-corrected chi connectivity index (χ1v) is 2.85. The van der Waals surface area contributed by atoms with Gasteiger partial charge in [0.15, 0.2) is 6.20 Å². The van der Waals surface area contributed by atoms with Gasteiger partial charge in [0.05, 0.1) is 0 Å². The maximum atomic E-state index is 10.3. The van der Waals surface area contributed by atoms with E-state index < -0.39 is 12.0 Å². The van der Waals surface area contributed by atoms with Gasteiger partial charge in [-0.3, -0.25) is 0 Å². The van der Waals surface area contributed by atoms with Crippen LogP contribution in [0.4, 0.5) is 0 Å². The Morgan fingerprint density at radius 2 is 2.60 bits per heavy atom. The van der Waals surface area contributed by atoms with Crippen LogP contribution in [-0.2, 0) is 4.79 Å². The number of aromatic nitrogens is 3. The Labute approximate surface area is 57.3 Å². The predicted octanol–water partition coefficient (Wildman–Crippen LogP) is -0.657. The Morgan fingerprint density at radius 3 is 3.00 bits per heavy atom. The molecule has 0 saturated heterocycles. The van der Waals surface area contributed by atoms with Crippen LogP contribution in [0.3, 0.4) is 0 Å². The molecular weight excluding hydrogens is 134 g/mol. The van der Waals surface area contributed by atoms with Crippen LogP contribution in [0.15, 0.2) is 12.4 Å². The molecule has 5 nitrogen and oxygen atoms in total. The average molecular weight is 142 g/mol. The summed E-state index contributed by atoms with van der Waals surface area (Å²) in [6.45, 7) is 1.57. The van der Waals surface area contributed by atoms with Crippen LogP contribution in [0.25, 0.3) is 0 Å². The Balaban J connectivity index is 2.77. The van der Waals surface area contributed by atoms with Crippen molar-refractivity contribution >= 4 is 5.97 Å². The number of carboxylic acid groups (broad SMARTS) is 1. The number of hydrogen-bond donors (Lipinski definition) is 2. The second-order valence-electron chi connectivity index (χ2n) is 1.95. The Bertz CT molecular complexity index is 219. The highest BCUT2D eigenvalue weighted by Gasteiger charge is 2.17. The van der Waals surface area contributed by atoms with Crippen LogP contribution in [0.1, 0.15) is 13.0 Å². The third-order valence-corrected chi connectivity index (χ3v) is 1.25. The minimum Gasteiger partial charge on any atom is -0.478 e. The molecule has 1 rings (SSSR count). The molecule has 0 aliphatic rings. The topological polar surface area (TPSA) is 69.9 Å². The highest BCUT2D eigenvalue weighted by Crippen LogP contribution is 1.89. The van der Waals surface area contributed by atoms with Gasteiger partial charge in [-0.2, -0.15) is 0 Å². The summed E-state index contributed by atoms with van der Waals surface area (Å²) in [4.78, 5) is 10.3. The monoisotopic (exact) mass is 142 g/mol. The molecule has 0 fully saturated rings. The van der Waals surface area contributed by atoms with Crippen molar-refractivity contribution in [2.45, 2.75) is 13.0 Å². The van der Waals surface area contributed by atoms with Crippen molar-refractivity contribution in [1.82, 2.24) is 10.3 Å². The Morgan fingerprint density at radius 1 is 1.90 bits per heavy atom. The van der Waals surface area contributed by atoms with Crippen molar-refractivity contribution in [1.29, 1.82) is 0 Å². The van der Waals surface area contributed by atoms with Gasteiger partial charge in [0.2, 0.25) is 12.2 Å². The van der Waals surface area contributed by atoms with Crippen molar-refractivity contribution in [2.75, 3.05) is 0 Å². The number of aromatic amines is 1. The minimum atomic E-state index is -0.880. The number of nitrogens with zero attached hydrogens (tertiary/aromatic N) is 2. The molecule has 0 aliphatic carbocycles. The number of H-pyrrole nitrogens is 1. The normalized spacial score (nSPS) is 12.9. The minimum absolute atomic E-state index is 0.581. The lowest BCUT2D eigenvalue weighted by Gasteiger charge is -1.97. The fourth-order valence-corrected chi connectivity index (χ4v) is 0.573. The zero-order chi connectivity index (χ0) is 7.56. The number of carbonyl (C=O) groups is 1. The summed E-state index contributed by atoms with van der Waals surface area (Å²) >= 11 is 0. The highest BCUT2D eigenvalue weighted by molar-refractivity contribution is 5.69. The summed E-state index contributed by atoms with van der Waals surface area (Å²) in [5, 5.41) is 14.6. The number of hydrogen-bond acceptors (Lipinski definition) is 2. The summed E-state index contributed by atoms with van der Waals surface area (Å²) < 4.78 is 1.41. The van der Waals surface area contributed by atoms with E-state index in [4.69, 9.17) is 5.11 Å². The molecular formula is C5H8N3O2+. The molecule has 1 heterocycles. The van der Waals surface area contributed by atoms with Crippen LogP contribution < -0.4 is 4.68 Å². The maximum absolute atomic E-state index is 10.3. The van der Waals surface area contributed by atoms with Crippen molar-refractivity contribution in [3.63, 3.8) is 0 Å². The Hall–Kier alpha value is -1.39. The average Bonchev–Trinajstić information content (AvgIpc) is 2.36. The standard InChI is InChI=1S/C5H7N3O2/c1-4(5(9)10)8-3-2-6-7-8/h2-4H,1H3,(H,9,10)/p+1. The quantitative estimate of drug-likeness (QED) is 0.539. The van der Waals surface area contributed by atoms with Crippen molar-refractivity contribution < 1.29 is 14.6 Å². The van der Waals surface area contributed by atoms with Gasteiger partial charge in [0.25, 0.3) is 0 Å². The lowest BCUT2D eigenvalue weighted by molar-refractivity contribution is -0.762. The molecule has 0 aromatic carbocycles. The zero-order valence-corrected chi connectivity index (χ0v) is 5.48. The number of aliphatic carboxylic acids is 1. The largest absolute Gasteiger partial charge is 0.478 e. The van der Waals surface area contributed by atoms with Gasteiger partial charge in [-0.1, -0.05) is 5.21 Å². The van der Waals surface area contributed by atoms with Gasteiger partial charge in [-0.15, -0.1) is 4.68 Å². The van der Waals surface area contributed by atoms with Gasteiger partial charge in [0, 0.05) is 5.10 Å². The van der Waals surface area contributed by atoms with Crippen LogP contribution in [0.2, 0.25) is 0 Å². The lowest BCUT2D eigenvalue weighted by atomic mass is 10.4. The zero-order valence-electron chi connectivity index (χ0n) is 5.48. The summed E-state index contributed by atoms with van der Waals surface area (Å²) in [6, 6.07) is -0.581. The summed E-state index contributed by atoms with van der Waals surface area (Å²) in [5.74, 6) is -0.880. The fourth-order valence-electron chi connectivity index (χ4n) is 0.573. The van der Waals surface area contributed by atoms with Gasteiger partial charge >= 0.3 is 5.97 Å². The van der Waals surface area contributed by atoms with E-state index in [1.165, 1.54) is 10.9 Å². The first-order valence-electron chi connectivity index (χ1n) is 2.85. The molecule has 1 aromatic heterocycles. The van der Waals surface area contributed by atoms with Crippen molar-refractivity contribution in [3.8, 4) is 0 Å².